The molecule has 0 radical (unpaired) electrons. The quantitative estimate of drug-likeness (QED) is 0.226. The molecule has 0 heterocycles. The van der Waals surface area contributed by atoms with Gasteiger partial charge < -0.3 is 10.2 Å². The average molecular weight is 493 g/mol. The molecule has 0 fully saturated rings. The third-order valence-electron chi connectivity index (χ3n) is 6.63. The number of unbranched alkanes of at least 4 members (excludes halogenated alkanes) is 9. The van der Waals surface area contributed by atoms with Crippen molar-refractivity contribution >= 4 is 17.7 Å². The van der Waals surface area contributed by atoms with Crippen LogP contribution in [0.2, 0.25) is 0 Å². The maximum absolute atomic E-state index is 11.8. The molecule has 2 N–H and O–H groups in total. The number of carboxylic acid groups (broad SMARTS) is 1. The highest BCUT2D eigenvalue weighted by Gasteiger charge is 2.26. The van der Waals surface area contributed by atoms with Gasteiger partial charge >= 0.3 is 5.97 Å². The van der Waals surface area contributed by atoms with E-state index in [1.807, 2.05) is 0 Å². The number of rotatable bonds is 16. The second kappa shape index (κ2) is 15.1. The molecule has 34 heavy (non-hydrogen) atoms. The molecule has 0 aromatic heterocycles. The summed E-state index contributed by atoms with van der Waals surface area (Å²) in [5.74, 6) is 0.871. The third kappa shape index (κ3) is 11.5. The number of phenolic OH excluding ortho intramolecular Hbond substituents is 1. The molecule has 3 nitrogen and oxygen atoms in total. The number of carbonyl (C=O) groups is 1. The number of hydrogen-bond acceptors (Lipinski definition) is 3. The van der Waals surface area contributed by atoms with Gasteiger partial charge in [-0.05, 0) is 33.9 Å². The van der Waals surface area contributed by atoms with Crippen LogP contribution in [0.25, 0.3) is 0 Å². The molecule has 0 saturated carbocycles. The molecule has 0 saturated heterocycles. The minimum atomic E-state index is -0.667. The lowest BCUT2D eigenvalue weighted by Gasteiger charge is -2.28. The van der Waals surface area contributed by atoms with E-state index in [0.29, 0.717) is 11.5 Å². The molecule has 4 heteroatoms. The van der Waals surface area contributed by atoms with E-state index in [0.717, 1.165) is 36.1 Å². The first-order valence-electron chi connectivity index (χ1n) is 13.5. The molecular weight excluding hydrogens is 440 g/mol. The Balaban J connectivity index is 2.53. The van der Waals surface area contributed by atoms with E-state index in [2.05, 4.69) is 60.6 Å². The van der Waals surface area contributed by atoms with Crippen molar-refractivity contribution in [2.75, 3.05) is 5.75 Å². The fourth-order valence-corrected chi connectivity index (χ4v) is 5.51. The minimum Gasteiger partial charge on any atom is -0.507 e. The summed E-state index contributed by atoms with van der Waals surface area (Å²) in [6.07, 6.45) is 13.5. The van der Waals surface area contributed by atoms with Gasteiger partial charge in [-0.15, -0.1) is 0 Å². The summed E-state index contributed by atoms with van der Waals surface area (Å²) >= 11 is 1.71. The Labute approximate surface area is 214 Å². The molecule has 0 aliphatic rings. The number of hydrogen-bond donors (Lipinski definition) is 2. The van der Waals surface area contributed by atoms with E-state index < -0.39 is 5.97 Å². The Bertz CT molecular complexity index is 693. The van der Waals surface area contributed by atoms with Gasteiger partial charge in [0.1, 0.15) is 5.75 Å². The van der Waals surface area contributed by atoms with Crippen molar-refractivity contribution in [2.45, 2.75) is 136 Å². The normalized spacial score (nSPS) is 13.3. The van der Waals surface area contributed by atoms with Crippen LogP contribution in [0.4, 0.5) is 0 Å². The summed E-state index contributed by atoms with van der Waals surface area (Å²) in [6, 6.07) is 4.21. The Hall–Kier alpha value is -1.16. The van der Waals surface area contributed by atoms with Gasteiger partial charge in [0, 0.05) is 11.5 Å². The fraction of sp³-hybridized carbons (Fsp3) is 0.767. The van der Waals surface area contributed by atoms with Gasteiger partial charge in [0.25, 0.3) is 0 Å². The van der Waals surface area contributed by atoms with E-state index in [1.165, 1.54) is 56.9 Å². The molecule has 0 spiro atoms. The Morgan fingerprint density at radius 2 is 1.26 bits per heavy atom. The lowest BCUT2D eigenvalue weighted by molar-refractivity contribution is -0.141. The van der Waals surface area contributed by atoms with Crippen molar-refractivity contribution in [1.29, 1.82) is 0 Å². The van der Waals surface area contributed by atoms with Gasteiger partial charge in [-0.1, -0.05) is 125 Å². The summed E-state index contributed by atoms with van der Waals surface area (Å²) in [6.45, 7) is 15.0. The summed E-state index contributed by atoms with van der Waals surface area (Å²) in [5.41, 5.74) is 2.81. The Morgan fingerprint density at radius 1 is 0.824 bits per heavy atom. The highest BCUT2D eigenvalue weighted by molar-refractivity contribution is 7.98. The molecule has 1 aromatic rings. The Kier molecular flexibility index (Phi) is 13.7. The lowest BCUT2D eigenvalue weighted by Crippen LogP contribution is -2.18. The number of phenols is 1. The zero-order valence-corrected chi connectivity index (χ0v) is 24.0. The molecule has 1 atom stereocenters. The van der Waals surface area contributed by atoms with Crippen LogP contribution in [-0.2, 0) is 21.4 Å². The van der Waals surface area contributed by atoms with E-state index in [9.17, 15) is 15.0 Å². The average Bonchev–Trinajstić information content (AvgIpc) is 2.72. The first kappa shape index (κ1) is 30.9. The molecule has 196 valence electrons. The number of benzene rings is 1. The van der Waals surface area contributed by atoms with E-state index in [4.69, 9.17) is 0 Å². The van der Waals surface area contributed by atoms with Crippen LogP contribution in [0.3, 0.4) is 0 Å². The van der Waals surface area contributed by atoms with Crippen LogP contribution in [0, 0.1) is 5.92 Å². The van der Waals surface area contributed by atoms with Crippen molar-refractivity contribution in [1.82, 2.24) is 0 Å². The largest absolute Gasteiger partial charge is 0.507 e. The standard InChI is InChI=1S/C30H52O3S/c1-8-9-10-11-12-13-14-15-16-17-18-24(28(32)33)22-34-21-23-19-25(29(2,3)4)27(31)26(20-23)30(5,6)7/h19-20,24,31H,8-18,21-22H2,1-7H3,(H,32,33). The van der Waals surface area contributed by atoms with Crippen LogP contribution in [0.5, 0.6) is 5.75 Å². The lowest BCUT2D eigenvalue weighted by atomic mass is 9.78. The zero-order chi connectivity index (χ0) is 25.8. The van der Waals surface area contributed by atoms with Crippen LogP contribution in [0.15, 0.2) is 12.1 Å². The van der Waals surface area contributed by atoms with Crippen LogP contribution < -0.4 is 0 Å². The van der Waals surface area contributed by atoms with Crippen LogP contribution in [0.1, 0.15) is 136 Å². The summed E-state index contributed by atoms with van der Waals surface area (Å²) in [4.78, 5) is 11.8. The highest BCUT2D eigenvalue weighted by Crippen LogP contribution is 2.40. The molecule has 0 aliphatic heterocycles. The van der Waals surface area contributed by atoms with Crippen LogP contribution >= 0.6 is 11.8 Å². The molecule has 1 unspecified atom stereocenters. The van der Waals surface area contributed by atoms with Crippen molar-refractivity contribution in [3.8, 4) is 5.75 Å². The van der Waals surface area contributed by atoms with Crippen LogP contribution in [-0.4, -0.2) is 21.9 Å². The van der Waals surface area contributed by atoms with Crippen molar-refractivity contribution in [2.24, 2.45) is 5.92 Å². The molecule has 0 amide bonds. The number of aliphatic carboxylic acids is 1. The Morgan fingerprint density at radius 3 is 1.68 bits per heavy atom. The maximum atomic E-state index is 11.8. The van der Waals surface area contributed by atoms with Gasteiger partial charge in [0.05, 0.1) is 5.92 Å². The van der Waals surface area contributed by atoms with E-state index in [-0.39, 0.29) is 16.7 Å². The molecule has 0 bridgehead atoms. The topological polar surface area (TPSA) is 57.5 Å². The molecule has 1 aromatic carbocycles. The van der Waals surface area contributed by atoms with Crippen molar-refractivity contribution in [3.05, 3.63) is 28.8 Å². The predicted molar refractivity (Wildman–Crippen MR) is 149 cm³/mol. The molecular formula is C30H52O3S. The molecule has 0 aliphatic carbocycles. The van der Waals surface area contributed by atoms with Gasteiger partial charge in [0.2, 0.25) is 0 Å². The number of thioether (sulfide) groups is 1. The van der Waals surface area contributed by atoms with Crippen molar-refractivity contribution < 1.29 is 15.0 Å². The second-order valence-corrected chi connectivity index (χ2v) is 13.1. The summed E-state index contributed by atoms with van der Waals surface area (Å²) in [5, 5.41) is 20.6. The zero-order valence-electron chi connectivity index (χ0n) is 23.1. The first-order chi connectivity index (χ1) is 15.9. The number of carboxylic acids is 1. The van der Waals surface area contributed by atoms with Gasteiger partial charge in [-0.3, -0.25) is 4.79 Å². The summed E-state index contributed by atoms with van der Waals surface area (Å²) in [7, 11) is 0. The van der Waals surface area contributed by atoms with E-state index in [1.54, 1.807) is 11.8 Å². The first-order valence-corrected chi connectivity index (χ1v) is 14.7. The third-order valence-corrected chi connectivity index (χ3v) is 7.80. The minimum absolute atomic E-state index is 0.149. The van der Waals surface area contributed by atoms with Gasteiger partial charge in [-0.25, -0.2) is 0 Å². The van der Waals surface area contributed by atoms with Crippen molar-refractivity contribution in [3.63, 3.8) is 0 Å². The predicted octanol–water partition coefficient (Wildman–Crippen LogP) is 9.23. The monoisotopic (exact) mass is 492 g/mol. The number of aromatic hydroxyl groups is 1. The second-order valence-electron chi connectivity index (χ2n) is 12.1. The molecule has 1 rings (SSSR count). The SMILES string of the molecule is CCCCCCCCCCCCC(CSCc1cc(C(C)(C)C)c(O)c(C(C)(C)C)c1)C(=O)O. The van der Waals surface area contributed by atoms with Gasteiger partial charge in [0.15, 0.2) is 0 Å². The van der Waals surface area contributed by atoms with E-state index >= 15 is 0 Å². The maximum Gasteiger partial charge on any atom is 0.307 e. The smallest absolute Gasteiger partial charge is 0.307 e. The summed E-state index contributed by atoms with van der Waals surface area (Å²) < 4.78 is 0. The van der Waals surface area contributed by atoms with Gasteiger partial charge in [-0.2, -0.15) is 11.8 Å². The highest BCUT2D eigenvalue weighted by atomic mass is 32.2. The fourth-order valence-electron chi connectivity index (χ4n) is 4.40.